The summed E-state index contributed by atoms with van der Waals surface area (Å²) < 4.78 is 31.7. The number of nitrogens with two attached hydrogens (primary N) is 1. The SMILES string of the molecule is Nc1ccccc1OCCC(=O)Nc1cccc(F)c1F. The third kappa shape index (κ3) is 3.92. The quantitative estimate of drug-likeness (QED) is 0.833. The van der Waals surface area contributed by atoms with Gasteiger partial charge in [0.2, 0.25) is 5.91 Å². The van der Waals surface area contributed by atoms with Crippen LogP contribution in [0.1, 0.15) is 6.42 Å². The van der Waals surface area contributed by atoms with Crippen LogP contribution in [0.4, 0.5) is 20.2 Å². The summed E-state index contributed by atoms with van der Waals surface area (Å²) in [6, 6.07) is 10.5. The molecule has 0 aliphatic carbocycles. The van der Waals surface area contributed by atoms with Crippen LogP contribution in [0.2, 0.25) is 0 Å². The molecule has 0 saturated carbocycles. The van der Waals surface area contributed by atoms with E-state index in [9.17, 15) is 13.6 Å². The van der Waals surface area contributed by atoms with E-state index < -0.39 is 17.5 Å². The molecule has 0 heterocycles. The first-order valence-corrected chi connectivity index (χ1v) is 6.29. The second-order valence-corrected chi connectivity index (χ2v) is 4.29. The highest BCUT2D eigenvalue weighted by Gasteiger charge is 2.10. The first-order valence-electron chi connectivity index (χ1n) is 6.29. The Hall–Kier alpha value is -2.63. The van der Waals surface area contributed by atoms with Crippen LogP contribution in [0.15, 0.2) is 42.5 Å². The molecule has 0 aromatic heterocycles. The van der Waals surface area contributed by atoms with Gasteiger partial charge in [-0.2, -0.15) is 0 Å². The normalized spacial score (nSPS) is 10.2. The number of para-hydroxylation sites is 2. The Morgan fingerprint density at radius 3 is 2.67 bits per heavy atom. The van der Waals surface area contributed by atoms with Crippen LogP contribution >= 0.6 is 0 Å². The van der Waals surface area contributed by atoms with Gasteiger partial charge < -0.3 is 15.8 Å². The van der Waals surface area contributed by atoms with E-state index in [1.165, 1.54) is 12.1 Å². The van der Waals surface area contributed by atoms with Crippen LogP contribution in [0.5, 0.6) is 5.75 Å². The van der Waals surface area contributed by atoms with Gasteiger partial charge in [0.1, 0.15) is 5.75 Å². The molecular weight excluding hydrogens is 278 g/mol. The average Bonchev–Trinajstić information content (AvgIpc) is 2.46. The van der Waals surface area contributed by atoms with E-state index in [0.717, 1.165) is 6.07 Å². The molecule has 0 bridgehead atoms. The molecule has 0 saturated heterocycles. The van der Waals surface area contributed by atoms with Gasteiger partial charge in [0.15, 0.2) is 11.6 Å². The van der Waals surface area contributed by atoms with Crippen LogP contribution in [-0.2, 0) is 4.79 Å². The molecule has 2 aromatic rings. The zero-order valence-electron chi connectivity index (χ0n) is 11.1. The largest absolute Gasteiger partial charge is 0.491 e. The second kappa shape index (κ2) is 6.69. The van der Waals surface area contributed by atoms with E-state index in [1.807, 2.05) is 0 Å². The lowest BCUT2D eigenvalue weighted by atomic mass is 10.3. The van der Waals surface area contributed by atoms with E-state index in [1.54, 1.807) is 24.3 Å². The number of hydrogen-bond acceptors (Lipinski definition) is 3. The number of carbonyl (C=O) groups excluding carboxylic acids is 1. The summed E-state index contributed by atoms with van der Waals surface area (Å²) in [5.74, 6) is -2.10. The highest BCUT2D eigenvalue weighted by Crippen LogP contribution is 2.20. The van der Waals surface area contributed by atoms with E-state index >= 15 is 0 Å². The smallest absolute Gasteiger partial charge is 0.227 e. The number of halogens is 2. The van der Waals surface area contributed by atoms with Gasteiger partial charge in [-0.25, -0.2) is 8.78 Å². The van der Waals surface area contributed by atoms with Crippen molar-refractivity contribution in [2.45, 2.75) is 6.42 Å². The maximum absolute atomic E-state index is 13.4. The van der Waals surface area contributed by atoms with Crippen molar-refractivity contribution in [1.82, 2.24) is 0 Å². The van der Waals surface area contributed by atoms with Crippen molar-refractivity contribution in [3.8, 4) is 5.75 Å². The number of benzene rings is 2. The molecule has 2 aromatic carbocycles. The summed E-state index contributed by atoms with van der Waals surface area (Å²) in [5.41, 5.74) is 5.95. The minimum atomic E-state index is -1.08. The van der Waals surface area contributed by atoms with Crippen molar-refractivity contribution in [3.63, 3.8) is 0 Å². The predicted molar refractivity (Wildman–Crippen MR) is 76.0 cm³/mol. The molecule has 0 radical (unpaired) electrons. The predicted octanol–water partition coefficient (Wildman–Crippen LogP) is 2.95. The number of hydrogen-bond donors (Lipinski definition) is 2. The second-order valence-electron chi connectivity index (χ2n) is 4.29. The van der Waals surface area contributed by atoms with Crippen LogP contribution < -0.4 is 15.8 Å². The van der Waals surface area contributed by atoms with E-state index in [-0.39, 0.29) is 18.7 Å². The summed E-state index contributed by atoms with van der Waals surface area (Å²) in [6.07, 6.45) is -0.00964. The number of ether oxygens (including phenoxy) is 1. The lowest BCUT2D eigenvalue weighted by Crippen LogP contribution is -2.16. The monoisotopic (exact) mass is 292 g/mol. The maximum Gasteiger partial charge on any atom is 0.227 e. The number of nitrogen functional groups attached to an aromatic ring is 1. The summed E-state index contributed by atoms with van der Waals surface area (Å²) in [6.45, 7) is 0.0803. The number of amides is 1. The molecule has 1 amide bonds. The molecule has 110 valence electrons. The molecule has 0 atom stereocenters. The molecule has 0 unspecified atom stereocenters. The van der Waals surface area contributed by atoms with Gasteiger partial charge >= 0.3 is 0 Å². The molecule has 21 heavy (non-hydrogen) atoms. The number of anilines is 2. The lowest BCUT2D eigenvalue weighted by Gasteiger charge is -2.09. The molecule has 2 rings (SSSR count). The molecular formula is C15H14F2N2O2. The van der Waals surface area contributed by atoms with Crippen LogP contribution in [0.25, 0.3) is 0 Å². The Bertz CT molecular complexity index is 647. The Balaban J connectivity index is 1.85. The van der Waals surface area contributed by atoms with Crippen LogP contribution in [0.3, 0.4) is 0 Å². The fourth-order valence-electron chi connectivity index (χ4n) is 1.68. The molecule has 6 heteroatoms. The van der Waals surface area contributed by atoms with Crippen molar-refractivity contribution < 1.29 is 18.3 Å². The third-order valence-corrected chi connectivity index (χ3v) is 2.73. The van der Waals surface area contributed by atoms with Gasteiger partial charge in [-0.3, -0.25) is 4.79 Å². The molecule has 0 fully saturated rings. The maximum atomic E-state index is 13.4. The summed E-state index contributed by atoms with van der Waals surface area (Å²) in [7, 11) is 0. The molecule has 0 aliphatic rings. The topological polar surface area (TPSA) is 64.3 Å². The zero-order valence-corrected chi connectivity index (χ0v) is 11.1. The van der Waals surface area contributed by atoms with Crippen molar-refractivity contribution in [1.29, 1.82) is 0 Å². The van der Waals surface area contributed by atoms with E-state index in [4.69, 9.17) is 10.5 Å². The summed E-state index contributed by atoms with van der Waals surface area (Å²) in [4.78, 5) is 11.6. The van der Waals surface area contributed by atoms with E-state index in [2.05, 4.69) is 5.32 Å². The van der Waals surface area contributed by atoms with E-state index in [0.29, 0.717) is 11.4 Å². The van der Waals surface area contributed by atoms with Crippen molar-refractivity contribution in [2.24, 2.45) is 0 Å². The van der Waals surface area contributed by atoms with Crippen LogP contribution in [0, 0.1) is 11.6 Å². The van der Waals surface area contributed by atoms with Crippen LogP contribution in [-0.4, -0.2) is 12.5 Å². The van der Waals surface area contributed by atoms with Gasteiger partial charge in [-0.15, -0.1) is 0 Å². The molecule has 0 spiro atoms. The van der Waals surface area contributed by atoms with Gasteiger partial charge in [-0.1, -0.05) is 18.2 Å². The average molecular weight is 292 g/mol. The first kappa shape index (κ1) is 14.8. The Morgan fingerprint density at radius 1 is 1.14 bits per heavy atom. The number of nitrogens with one attached hydrogen (secondary N) is 1. The Morgan fingerprint density at radius 2 is 1.90 bits per heavy atom. The Labute approximate surface area is 120 Å². The molecule has 4 nitrogen and oxygen atoms in total. The van der Waals surface area contributed by atoms with Crippen molar-refractivity contribution in [3.05, 3.63) is 54.1 Å². The standard InChI is InChI=1S/C15H14F2N2O2/c16-10-4-3-6-12(15(10)17)19-14(20)8-9-21-13-7-2-1-5-11(13)18/h1-7H,8-9,18H2,(H,19,20). The van der Waals surface area contributed by atoms with Gasteiger partial charge in [0, 0.05) is 0 Å². The van der Waals surface area contributed by atoms with Crippen molar-refractivity contribution >= 4 is 17.3 Å². The highest BCUT2D eigenvalue weighted by atomic mass is 19.2. The van der Waals surface area contributed by atoms with Crippen molar-refractivity contribution in [2.75, 3.05) is 17.7 Å². The minimum absolute atomic E-state index is 0.00964. The molecule has 3 N–H and O–H groups in total. The highest BCUT2D eigenvalue weighted by molar-refractivity contribution is 5.90. The summed E-state index contributed by atoms with van der Waals surface area (Å²) in [5, 5.41) is 2.29. The van der Waals surface area contributed by atoms with Gasteiger partial charge in [0.25, 0.3) is 0 Å². The minimum Gasteiger partial charge on any atom is -0.491 e. The fourth-order valence-corrected chi connectivity index (χ4v) is 1.68. The number of rotatable bonds is 5. The zero-order chi connectivity index (χ0) is 15.2. The Kier molecular flexibility index (Phi) is 4.71. The lowest BCUT2D eigenvalue weighted by molar-refractivity contribution is -0.116. The number of carbonyl (C=O) groups is 1. The fraction of sp³-hybridized carbons (Fsp3) is 0.133. The first-order chi connectivity index (χ1) is 10.1. The molecule has 0 aliphatic heterocycles. The third-order valence-electron chi connectivity index (χ3n) is 2.73. The van der Waals surface area contributed by atoms with Gasteiger partial charge in [-0.05, 0) is 24.3 Å². The summed E-state index contributed by atoms with van der Waals surface area (Å²) >= 11 is 0. The van der Waals surface area contributed by atoms with Gasteiger partial charge in [0.05, 0.1) is 24.4 Å².